The topological polar surface area (TPSA) is 53.8 Å². The lowest BCUT2D eigenvalue weighted by Gasteiger charge is -2.10. The fourth-order valence-corrected chi connectivity index (χ4v) is 2.87. The number of fused-ring (bicyclic) bond motifs is 1. The van der Waals surface area contributed by atoms with Gasteiger partial charge in [-0.1, -0.05) is 18.2 Å². The highest BCUT2D eigenvalue weighted by molar-refractivity contribution is 7.89. The Morgan fingerprint density at radius 1 is 1.05 bits per heavy atom. The van der Waals surface area contributed by atoms with Gasteiger partial charge in [-0.15, -0.1) is 0 Å². The molecule has 3 aromatic rings. The maximum Gasteiger partial charge on any atom is 0.316 e. The van der Waals surface area contributed by atoms with Gasteiger partial charge in [0, 0.05) is 6.20 Å². The summed E-state index contributed by atoms with van der Waals surface area (Å²) in [5.74, 6) is 0.390. The van der Waals surface area contributed by atoms with Crippen molar-refractivity contribution in [2.24, 2.45) is 0 Å². The molecule has 0 radical (unpaired) electrons. The van der Waals surface area contributed by atoms with Gasteiger partial charge < -0.3 is 4.55 Å². The fourth-order valence-electron chi connectivity index (χ4n) is 1.78. The van der Waals surface area contributed by atoms with Gasteiger partial charge in [0.25, 0.3) is 0 Å². The van der Waals surface area contributed by atoms with E-state index in [1.165, 1.54) is 0 Å². The minimum Gasteiger partial charge on any atom is -0.592 e. The van der Waals surface area contributed by atoms with E-state index in [1.54, 1.807) is 16.5 Å². The average Bonchev–Trinajstić information content (AvgIpc) is 2.84. The molecular formula is C13H13MgN3OS. The quantitative estimate of drug-likeness (QED) is 0.537. The van der Waals surface area contributed by atoms with E-state index in [4.69, 9.17) is 0 Å². The lowest BCUT2D eigenvalue weighted by molar-refractivity contribution is 0.586. The summed E-state index contributed by atoms with van der Waals surface area (Å²) in [6.07, 6.45) is 3.32. The maximum absolute atomic E-state index is 12.3. The first kappa shape index (κ1) is 14.3. The van der Waals surface area contributed by atoms with Crippen LogP contribution >= 0.6 is 0 Å². The van der Waals surface area contributed by atoms with Crippen molar-refractivity contribution in [3.8, 4) is 0 Å². The summed E-state index contributed by atoms with van der Waals surface area (Å²) in [5, 5.41) is 0. The van der Waals surface area contributed by atoms with Crippen LogP contribution in [0.15, 0.2) is 55.0 Å². The Bertz CT molecular complexity index is 659. The van der Waals surface area contributed by atoms with Crippen molar-refractivity contribution in [2.45, 2.75) is 5.75 Å². The SMILES string of the molecule is [MgH2].[O-][S+](Cc1ccccn1)n1cnc2ccccc21. The fraction of sp³-hybridized carbons (Fsp3) is 0.0769. The molecular weight excluding hydrogens is 271 g/mol. The molecule has 6 heteroatoms. The van der Waals surface area contributed by atoms with Crippen LogP contribution in [0, 0.1) is 0 Å². The van der Waals surface area contributed by atoms with Gasteiger partial charge in [-0.25, -0.2) is 4.98 Å². The third-order valence-corrected chi connectivity index (χ3v) is 3.91. The minimum absolute atomic E-state index is 0. The number of rotatable bonds is 3. The highest BCUT2D eigenvalue weighted by atomic mass is 32.2. The molecule has 0 amide bonds. The second kappa shape index (κ2) is 6.38. The van der Waals surface area contributed by atoms with Crippen molar-refractivity contribution >= 4 is 45.4 Å². The van der Waals surface area contributed by atoms with Crippen LogP contribution in [0.25, 0.3) is 11.0 Å². The van der Waals surface area contributed by atoms with E-state index < -0.39 is 11.4 Å². The third-order valence-electron chi connectivity index (χ3n) is 2.64. The van der Waals surface area contributed by atoms with Crippen LogP contribution in [0.2, 0.25) is 0 Å². The summed E-state index contributed by atoms with van der Waals surface area (Å²) < 4.78 is 14.0. The number of nitrogens with zero attached hydrogens (tertiary/aromatic N) is 3. The van der Waals surface area contributed by atoms with Crippen LogP contribution in [0.4, 0.5) is 0 Å². The van der Waals surface area contributed by atoms with E-state index in [0.717, 1.165) is 16.7 Å². The standard InChI is InChI=1S/C13H11N3OS.Mg.2H/c17-18(9-11-5-3-4-8-14-11)16-10-15-12-6-1-2-7-13(12)16;;;/h1-8,10H,9H2;;;. The molecule has 0 saturated carbocycles. The molecule has 0 fully saturated rings. The number of para-hydroxylation sites is 2. The van der Waals surface area contributed by atoms with Gasteiger partial charge in [0.15, 0.2) is 5.75 Å². The monoisotopic (exact) mass is 283 g/mol. The molecule has 2 heterocycles. The zero-order valence-corrected chi connectivity index (χ0v) is 10.4. The zero-order valence-electron chi connectivity index (χ0n) is 9.56. The van der Waals surface area contributed by atoms with Crippen molar-refractivity contribution in [1.82, 2.24) is 13.9 Å². The molecule has 19 heavy (non-hydrogen) atoms. The minimum atomic E-state index is -1.19. The van der Waals surface area contributed by atoms with Gasteiger partial charge in [-0.2, -0.15) is 3.97 Å². The summed E-state index contributed by atoms with van der Waals surface area (Å²) in [7, 11) is 0. The molecule has 0 spiro atoms. The normalized spacial score (nSPS) is 12.1. The predicted octanol–water partition coefficient (Wildman–Crippen LogP) is 1.23. The Morgan fingerprint density at radius 3 is 2.63 bits per heavy atom. The molecule has 1 aromatic carbocycles. The Labute approximate surface area is 130 Å². The van der Waals surface area contributed by atoms with Gasteiger partial charge in [0.2, 0.25) is 0 Å². The molecule has 2 aromatic heterocycles. The Balaban J connectivity index is 0.00000133. The van der Waals surface area contributed by atoms with Crippen LogP contribution in [-0.2, 0) is 17.1 Å². The van der Waals surface area contributed by atoms with E-state index in [0.29, 0.717) is 5.75 Å². The molecule has 0 bridgehead atoms. The Kier molecular flexibility index (Phi) is 4.81. The summed E-state index contributed by atoms with van der Waals surface area (Å²) in [6, 6.07) is 13.3. The predicted molar refractivity (Wildman–Crippen MR) is 79.8 cm³/mol. The van der Waals surface area contributed by atoms with Crippen molar-refractivity contribution in [1.29, 1.82) is 0 Å². The second-order valence-electron chi connectivity index (χ2n) is 3.85. The first-order valence-electron chi connectivity index (χ1n) is 5.55. The largest absolute Gasteiger partial charge is 0.592 e. The second-order valence-corrected chi connectivity index (χ2v) is 5.17. The highest BCUT2D eigenvalue weighted by Crippen LogP contribution is 2.16. The summed E-state index contributed by atoms with van der Waals surface area (Å²) >= 11 is -1.19. The Morgan fingerprint density at radius 2 is 1.84 bits per heavy atom. The lowest BCUT2D eigenvalue weighted by atomic mass is 10.3. The molecule has 0 aliphatic carbocycles. The molecule has 0 saturated heterocycles. The number of hydrogen-bond donors (Lipinski definition) is 0. The van der Waals surface area contributed by atoms with Crippen LogP contribution in [-0.4, -0.2) is 41.5 Å². The highest BCUT2D eigenvalue weighted by Gasteiger charge is 2.15. The summed E-state index contributed by atoms with van der Waals surface area (Å²) in [5.41, 5.74) is 2.55. The number of hydrogen-bond acceptors (Lipinski definition) is 3. The van der Waals surface area contributed by atoms with E-state index >= 15 is 0 Å². The van der Waals surface area contributed by atoms with E-state index in [-0.39, 0.29) is 23.1 Å². The summed E-state index contributed by atoms with van der Waals surface area (Å²) in [4.78, 5) is 8.41. The molecule has 0 aliphatic rings. The third kappa shape index (κ3) is 3.09. The Hall–Kier alpha value is -1.08. The van der Waals surface area contributed by atoms with Gasteiger partial charge in [-0.05, 0) is 24.3 Å². The van der Waals surface area contributed by atoms with E-state index in [1.807, 2.05) is 42.5 Å². The number of aromatic nitrogens is 3. The molecule has 1 atom stereocenters. The van der Waals surface area contributed by atoms with Crippen LogP contribution in [0.5, 0.6) is 0 Å². The van der Waals surface area contributed by atoms with Gasteiger partial charge in [0.1, 0.15) is 11.8 Å². The molecule has 94 valence electrons. The number of pyridine rings is 1. The van der Waals surface area contributed by atoms with Crippen LogP contribution in [0.3, 0.4) is 0 Å². The van der Waals surface area contributed by atoms with Crippen molar-refractivity contribution < 1.29 is 4.55 Å². The van der Waals surface area contributed by atoms with Crippen molar-refractivity contribution in [3.05, 3.63) is 60.7 Å². The molecule has 3 rings (SSSR count). The first-order chi connectivity index (χ1) is 8.84. The smallest absolute Gasteiger partial charge is 0.316 e. The van der Waals surface area contributed by atoms with Gasteiger partial charge in [0.05, 0.1) is 22.6 Å². The van der Waals surface area contributed by atoms with Crippen LogP contribution < -0.4 is 0 Å². The zero-order chi connectivity index (χ0) is 12.4. The molecule has 0 N–H and O–H groups in total. The van der Waals surface area contributed by atoms with Crippen LogP contribution in [0.1, 0.15) is 5.69 Å². The first-order valence-corrected chi connectivity index (χ1v) is 6.83. The number of imidazole rings is 1. The van der Waals surface area contributed by atoms with E-state index in [9.17, 15) is 4.55 Å². The molecule has 1 unspecified atom stereocenters. The van der Waals surface area contributed by atoms with Gasteiger partial charge >= 0.3 is 23.1 Å². The summed E-state index contributed by atoms with van der Waals surface area (Å²) in [6.45, 7) is 0. The maximum atomic E-state index is 12.3. The lowest BCUT2D eigenvalue weighted by Crippen LogP contribution is -2.14. The van der Waals surface area contributed by atoms with Gasteiger partial charge in [-0.3, -0.25) is 4.98 Å². The van der Waals surface area contributed by atoms with E-state index in [2.05, 4.69) is 9.97 Å². The van der Waals surface area contributed by atoms with Crippen molar-refractivity contribution in [3.63, 3.8) is 0 Å². The molecule has 0 aliphatic heterocycles. The average molecular weight is 284 g/mol. The van der Waals surface area contributed by atoms with Crippen molar-refractivity contribution in [2.75, 3.05) is 0 Å². The molecule has 4 nitrogen and oxygen atoms in total. The number of benzene rings is 1.